The van der Waals surface area contributed by atoms with Crippen molar-refractivity contribution in [3.05, 3.63) is 63.7 Å². The molecule has 1 atom stereocenters. The Morgan fingerprint density at radius 1 is 1.10 bits per heavy atom. The molecule has 0 bridgehead atoms. The van der Waals surface area contributed by atoms with Crippen LogP contribution >= 0.6 is 11.6 Å². The second-order valence-corrected chi connectivity index (χ2v) is 5.63. The molecule has 3 rings (SSSR count). The summed E-state index contributed by atoms with van der Waals surface area (Å²) in [6.45, 7) is 4.02. The van der Waals surface area contributed by atoms with Crippen LogP contribution in [-0.2, 0) is 4.79 Å². The fourth-order valence-corrected chi connectivity index (χ4v) is 2.88. The molecule has 2 aromatic carbocycles. The summed E-state index contributed by atoms with van der Waals surface area (Å²) in [7, 11) is 0. The number of fused-ring (bicyclic) bond motifs is 1. The van der Waals surface area contributed by atoms with Crippen molar-refractivity contribution in [3.8, 4) is 5.75 Å². The van der Waals surface area contributed by atoms with Gasteiger partial charge >= 0.3 is 5.97 Å². The average molecular weight is 287 g/mol. The number of hydrogen-bond donors (Lipinski definition) is 0. The molecule has 2 aromatic rings. The van der Waals surface area contributed by atoms with Crippen LogP contribution in [-0.4, -0.2) is 5.97 Å². The smallest absolute Gasteiger partial charge is 0.312 e. The zero-order chi connectivity index (χ0) is 14.3. The number of halogens is 1. The minimum absolute atomic E-state index is 0.0190. The molecular formula is C17H15ClO2. The van der Waals surface area contributed by atoms with Crippen molar-refractivity contribution >= 4 is 17.6 Å². The predicted molar refractivity (Wildman–Crippen MR) is 79.5 cm³/mol. The van der Waals surface area contributed by atoms with Gasteiger partial charge in [-0.2, -0.15) is 0 Å². The van der Waals surface area contributed by atoms with E-state index >= 15 is 0 Å². The fraction of sp³-hybridized carbons (Fsp3) is 0.235. The summed E-state index contributed by atoms with van der Waals surface area (Å²) in [5.41, 5.74) is 4.34. The van der Waals surface area contributed by atoms with Crippen LogP contribution in [0.25, 0.3) is 0 Å². The standard InChI is InChI=1S/C17H15ClO2/c1-10-3-5-12(6-4-10)13-9-16(19)20-15-8-7-14(18)11(2)17(13)15/h3-8,13H,9H2,1-2H3/t13-/m0/s1. The number of ether oxygens (including phenoxy) is 1. The molecule has 1 aliphatic heterocycles. The lowest BCUT2D eigenvalue weighted by Gasteiger charge is -2.27. The van der Waals surface area contributed by atoms with E-state index in [1.165, 1.54) is 5.56 Å². The quantitative estimate of drug-likeness (QED) is 0.574. The molecule has 2 nitrogen and oxygen atoms in total. The highest BCUT2D eigenvalue weighted by Gasteiger charge is 2.30. The first kappa shape index (κ1) is 13.2. The van der Waals surface area contributed by atoms with Crippen molar-refractivity contribution in [2.75, 3.05) is 0 Å². The Morgan fingerprint density at radius 3 is 2.50 bits per heavy atom. The van der Waals surface area contributed by atoms with Gasteiger partial charge < -0.3 is 4.74 Å². The fourth-order valence-electron chi connectivity index (χ4n) is 2.72. The number of benzene rings is 2. The molecule has 1 heterocycles. The highest BCUT2D eigenvalue weighted by atomic mass is 35.5. The van der Waals surface area contributed by atoms with Crippen LogP contribution in [0, 0.1) is 13.8 Å². The van der Waals surface area contributed by atoms with Crippen LogP contribution in [0.5, 0.6) is 5.75 Å². The average Bonchev–Trinajstić information content (AvgIpc) is 2.43. The van der Waals surface area contributed by atoms with Gasteiger partial charge in [-0.1, -0.05) is 41.4 Å². The van der Waals surface area contributed by atoms with Crippen LogP contribution in [0.4, 0.5) is 0 Å². The number of hydrogen-bond acceptors (Lipinski definition) is 2. The van der Waals surface area contributed by atoms with E-state index < -0.39 is 0 Å². The van der Waals surface area contributed by atoms with E-state index in [0.717, 1.165) is 16.7 Å². The summed E-state index contributed by atoms with van der Waals surface area (Å²) >= 11 is 6.22. The van der Waals surface area contributed by atoms with E-state index in [2.05, 4.69) is 31.2 Å². The maximum atomic E-state index is 11.8. The van der Waals surface area contributed by atoms with Crippen LogP contribution in [0.15, 0.2) is 36.4 Å². The Bertz CT molecular complexity index is 674. The van der Waals surface area contributed by atoms with Crippen molar-refractivity contribution in [2.45, 2.75) is 26.2 Å². The van der Waals surface area contributed by atoms with Crippen LogP contribution in [0.3, 0.4) is 0 Å². The monoisotopic (exact) mass is 286 g/mol. The summed E-state index contributed by atoms with van der Waals surface area (Å²) in [6, 6.07) is 11.8. The van der Waals surface area contributed by atoms with Crippen molar-refractivity contribution in [3.63, 3.8) is 0 Å². The van der Waals surface area contributed by atoms with Gasteiger partial charge in [0.25, 0.3) is 0 Å². The van der Waals surface area contributed by atoms with E-state index in [0.29, 0.717) is 17.2 Å². The summed E-state index contributed by atoms with van der Waals surface area (Å²) in [5, 5.41) is 0.707. The summed E-state index contributed by atoms with van der Waals surface area (Å²) in [4.78, 5) is 11.8. The number of carbonyl (C=O) groups is 1. The second-order valence-electron chi connectivity index (χ2n) is 5.23. The van der Waals surface area contributed by atoms with E-state index in [9.17, 15) is 4.79 Å². The first-order chi connectivity index (χ1) is 9.56. The Kier molecular flexibility index (Phi) is 3.27. The molecule has 0 fully saturated rings. The number of rotatable bonds is 1. The second kappa shape index (κ2) is 4.95. The zero-order valence-corrected chi connectivity index (χ0v) is 12.2. The Balaban J connectivity index is 2.16. The maximum absolute atomic E-state index is 11.8. The molecule has 0 radical (unpaired) electrons. The molecule has 0 unspecified atom stereocenters. The minimum Gasteiger partial charge on any atom is -0.426 e. The first-order valence-electron chi connectivity index (χ1n) is 6.62. The molecule has 102 valence electrons. The minimum atomic E-state index is -0.190. The molecule has 0 saturated heterocycles. The van der Waals surface area contributed by atoms with Crippen molar-refractivity contribution in [2.24, 2.45) is 0 Å². The molecule has 3 heteroatoms. The molecule has 0 aliphatic carbocycles. The normalized spacial score (nSPS) is 17.6. The summed E-state index contributed by atoms with van der Waals surface area (Å²) in [6.07, 6.45) is 0.358. The maximum Gasteiger partial charge on any atom is 0.312 e. The van der Waals surface area contributed by atoms with Gasteiger partial charge in [-0.25, -0.2) is 0 Å². The van der Waals surface area contributed by atoms with Crippen molar-refractivity contribution < 1.29 is 9.53 Å². The molecule has 0 amide bonds. The predicted octanol–water partition coefficient (Wildman–Crippen LogP) is 4.40. The third kappa shape index (κ3) is 2.20. The van der Waals surface area contributed by atoms with E-state index in [4.69, 9.17) is 16.3 Å². The van der Waals surface area contributed by atoms with Crippen molar-refractivity contribution in [1.29, 1.82) is 0 Å². The molecule has 0 N–H and O–H groups in total. The number of carbonyl (C=O) groups excluding carboxylic acids is 1. The molecule has 1 aliphatic rings. The SMILES string of the molecule is Cc1ccc([C@@H]2CC(=O)Oc3ccc(Cl)c(C)c32)cc1. The lowest BCUT2D eigenvalue weighted by Crippen LogP contribution is -2.22. The number of esters is 1. The highest BCUT2D eigenvalue weighted by Crippen LogP contribution is 2.42. The third-order valence-electron chi connectivity index (χ3n) is 3.83. The van der Waals surface area contributed by atoms with E-state index in [1.807, 2.05) is 6.92 Å². The van der Waals surface area contributed by atoms with E-state index in [1.54, 1.807) is 12.1 Å². The van der Waals surface area contributed by atoms with Gasteiger partial charge in [0, 0.05) is 16.5 Å². The van der Waals surface area contributed by atoms with Gasteiger partial charge in [-0.3, -0.25) is 4.79 Å². The lowest BCUT2D eigenvalue weighted by atomic mass is 9.84. The van der Waals surface area contributed by atoms with Gasteiger partial charge in [-0.15, -0.1) is 0 Å². The van der Waals surface area contributed by atoms with E-state index in [-0.39, 0.29) is 11.9 Å². The van der Waals surface area contributed by atoms with Crippen molar-refractivity contribution in [1.82, 2.24) is 0 Å². The molecule has 20 heavy (non-hydrogen) atoms. The topological polar surface area (TPSA) is 26.3 Å². The lowest BCUT2D eigenvalue weighted by molar-refractivity contribution is -0.135. The zero-order valence-electron chi connectivity index (χ0n) is 11.4. The van der Waals surface area contributed by atoms with Gasteiger partial charge in [0.05, 0.1) is 6.42 Å². The third-order valence-corrected chi connectivity index (χ3v) is 4.24. The van der Waals surface area contributed by atoms with Crippen LogP contribution in [0.1, 0.15) is 34.6 Å². The Morgan fingerprint density at radius 2 is 1.80 bits per heavy atom. The molecular weight excluding hydrogens is 272 g/mol. The summed E-state index contributed by atoms with van der Waals surface area (Å²) in [5.74, 6) is 0.462. The van der Waals surface area contributed by atoms with Crippen LogP contribution < -0.4 is 4.74 Å². The first-order valence-corrected chi connectivity index (χ1v) is 7.00. The van der Waals surface area contributed by atoms with Gasteiger partial charge in [0.15, 0.2) is 0 Å². The van der Waals surface area contributed by atoms with Gasteiger partial charge in [-0.05, 0) is 37.1 Å². The Hall–Kier alpha value is -1.80. The molecule has 0 aromatic heterocycles. The van der Waals surface area contributed by atoms with Gasteiger partial charge in [0.1, 0.15) is 5.75 Å². The largest absolute Gasteiger partial charge is 0.426 e. The molecule has 0 spiro atoms. The molecule has 0 saturated carbocycles. The summed E-state index contributed by atoms with van der Waals surface area (Å²) < 4.78 is 5.35. The van der Waals surface area contributed by atoms with Gasteiger partial charge in [0.2, 0.25) is 0 Å². The Labute approximate surface area is 123 Å². The number of aryl methyl sites for hydroxylation is 1. The van der Waals surface area contributed by atoms with Crippen LogP contribution in [0.2, 0.25) is 5.02 Å². The highest BCUT2D eigenvalue weighted by molar-refractivity contribution is 6.31.